The lowest BCUT2D eigenvalue weighted by Gasteiger charge is -2.16. The Bertz CT molecular complexity index is 897. The summed E-state index contributed by atoms with van der Waals surface area (Å²) in [5.74, 6) is 7.14. The third-order valence-corrected chi connectivity index (χ3v) is 5.48. The van der Waals surface area contributed by atoms with Gasteiger partial charge in [-0.05, 0) is 18.8 Å². The molecule has 150 valence electrons. The SMILES string of the molecule is Nc1nc(C#CC2CCCCCC2)nc2c1ncn2[C@@H]1O[C@H](CO)[C@@H](O)[C@H]1O. The van der Waals surface area contributed by atoms with Gasteiger partial charge in [-0.2, -0.15) is 0 Å². The second-order valence-corrected chi connectivity index (χ2v) is 7.44. The molecule has 5 N–H and O–H groups in total. The van der Waals surface area contributed by atoms with E-state index in [1.807, 2.05) is 0 Å². The Balaban J connectivity index is 1.66. The lowest BCUT2D eigenvalue weighted by molar-refractivity contribution is -0.0511. The van der Waals surface area contributed by atoms with E-state index in [1.165, 1.54) is 36.6 Å². The molecule has 3 heterocycles. The van der Waals surface area contributed by atoms with Gasteiger partial charge in [0.15, 0.2) is 17.7 Å². The van der Waals surface area contributed by atoms with Crippen LogP contribution in [0.5, 0.6) is 0 Å². The van der Waals surface area contributed by atoms with E-state index < -0.39 is 31.1 Å². The molecule has 1 aliphatic heterocycles. The fraction of sp³-hybridized carbons (Fsp3) is 0.632. The van der Waals surface area contributed by atoms with E-state index in [0.29, 0.717) is 22.9 Å². The van der Waals surface area contributed by atoms with Crippen molar-refractivity contribution in [3.8, 4) is 11.8 Å². The van der Waals surface area contributed by atoms with Crippen molar-refractivity contribution in [2.24, 2.45) is 5.92 Å². The molecule has 9 heteroatoms. The quantitative estimate of drug-likeness (QED) is 0.427. The normalized spacial score (nSPS) is 28.8. The fourth-order valence-corrected chi connectivity index (χ4v) is 3.88. The van der Waals surface area contributed by atoms with Crippen molar-refractivity contribution in [2.75, 3.05) is 12.3 Å². The maximum absolute atomic E-state index is 10.3. The summed E-state index contributed by atoms with van der Waals surface area (Å²) < 4.78 is 7.07. The number of anilines is 1. The Kier molecular flexibility index (Phi) is 5.46. The Morgan fingerprint density at radius 3 is 2.57 bits per heavy atom. The van der Waals surface area contributed by atoms with Crippen LogP contribution in [0.3, 0.4) is 0 Å². The van der Waals surface area contributed by atoms with Gasteiger partial charge in [-0.3, -0.25) is 4.57 Å². The monoisotopic (exact) mass is 387 g/mol. The minimum atomic E-state index is -1.23. The number of rotatable bonds is 2. The summed E-state index contributed by atoms with van der Waals surface area (Å²) >= 11 is 0. The van der Waals surface area contributed by atoms with E-state index in [2.05, 4.69) is 26.8 Å². The molecule has 28 heavy (non-hydrogen) atoms. The van der Waals surface area contributed by atoms with Crippen molar-refractivity contribution in [3.05, 3.63) is 12.2 Å². The summed E-state index contributed by atoms with van der Waals surface area (Å²) in [5.41, 5.74) is 6.77. The topological polar surface area (TPSA) is 140 Å². The molecule has 1 saturated heterocycles. The number of hydrogen-bond acceptors (Lipinski definition) is 8. The van der Waals surface area contributed by atoms with E-state index in [1.54, 1.807) is 0 Å². The number of nitrogen functional groups attached to an aromatic ring is 1. The fourth-order valence-electron chi connectivity index (χ4n) is 3.88. The molecule has 2 aromatic heterocycles. The van der Waals surface area contributed by atoms with E-state index in [-0.39, 0.29) is 5.82 Å². The molecule has 2 aromatic rings. The second kappa shape index (κ2) is 8.01. The predicted molar refractivity (Wildman–Crippen MR) is 101 cm³/mol. The molecular formula is C19H25N5O4. The number of hydrogen-bond donors (Lipinski definition) is 4. The highest BCUT2D eigenvalue weighted by molar-refractivity contribution is 5.82. The Morgan fingerprint density at radius 2 is 1.89 bits per heavy atom. The van der Waals surface area contributed by atoms with Crippen LogP contribution in [0, 0.1) is 17.8 Å². The van der Waals surface area contributed by atoms with E-state index in [4.69, 9.17) is 10.5 Å². The Morgan fingerprint density at radius 1 is 1.14 bits per heavy atom. The molecule has 4 rings (SSSR count). The molecule has 2 aliphatic rings. The molecule has 0 aromatic carbocycles. The number of aliphatic hydroxyl groups is 3. The van der Waals surface area contributed by atoms with Crippen LogP contribution in [0.25, 0.3) is 11.2 Å². The molecule has 0 spiro atoms. The van der Waals surface area contributed by atoms with Gasteiger partial charge in [0.2, 0.25) is 5.82 Å². The molecule has 0 bridgehead atoms. The van der Waals surface area contributed by atoms with Crippen molar-refractivity contribution in [3.63, 3.8) is 0 Å². The van der Waals surface area contributed by atoms with Gasteiger partial charge in [-0.1, -0.05) is 31.6 Å². The molecule has 0 radical (unpaired) electrons. The third kappa shape index (κ3) is 3.56. The molecule has 2 fully saturated rings. The zero-order valence-corrected chi connectivity index (χ0v) is 15.5. The van der Waals surface area contributed by atoms with Crippen LogP contribution in [0.4, 0.5) is 5.82 Å². The molecule has 9 nitrogen and oxygen atoms in total. The molecule has 1 aliphatic carbocycles. The maximum atomic E-state index is 10.3. The zero-order valence-electron chi connectivity index (χ0n) is 15.5. The highest BCUT2D eigenvalue weighted by Crippen LogP contribution is 2.32. The van der Waals surface area contributed by atoms with Gasteiger partial charge >= 0.3 is 0 Å². The van der Waals surface area contributed by atoms with Crippen molar-refractivity contribution in [1.29, 1.82) is 0 Å². The Labute approximate surface area is 162 Å². The first kappa shape index (κ1) is 19.1. The highest BCUT2D eigenvalue weighted by atomic mass is 16.6. The van der Waals surface area contributed by atoms with Gasteiger partial charge < -0.3 is 25.8 Å². The number of aromatic nitrogens is 4. The first-order chi connectivity index (χ1) is 13.6. The van der Waals surface area contributed by atoms with Crippen molar-refractivity contribution >= 4 is 17.0 Å². The van der Waals surface area contributed by atoms with E-state index >= 15 is 0 Å². The van der Waals surface area contributed by atoms with Crippen molar-refractivity contribution in [2.45, 2.75) is 63.1 Å². The molecule has 0 unspecified atom stereocenters. The average molecular weight is 387 g/mol. The lowest BCUT2D eigenvalue weighted by atomic mass is 10.0. The van der Waals surface area contributed by atoms with Crippen LogP contribution in [-0.2, 0) is 4.74 Å². The highest BCUT2D eigenvalue weighted by Gasteiger charge is 2.44. The van der Waals surface area contributed by atoms with Gasteiger partial charge in [-0.25, -0.2) is 15.0 Å². The molecule has 4 atom stereocenters. The van der Waals surface area contributed by atoms with Crippen LogP contribution in [-0.4, -0.2) is 59.8 Å². The van der Waals surface area contributed by atoms with E-state index in [9.17, 15) is 15.3 Å². The summed E-state index contributed by atoms with van der Waals surface area (Å²) in [7, 11) is 0. The van der Waals surface area contributed by atoms with E-state index in [0.717, 1.165) is 12.8 Å². The van der Waals surface area contributed by atoms with Gasteiger partial charge in [0.25, 0.3) is 0 Å². The minimum absolute atomic E-state index is 0.195. The summed E-state index contributed by atoms with van der Waals surface area (Å²) in [5, 5.41) is 29.6. The number of imidazole rings is 1. The standard InChI is InChI=1S/C19H25N5O4/c20-17-14-18(23-13(22-17)8-7-11-5-3-1-2-4-6-11)24(10-21-14)19-16(27)15(26)12(9-25)28-19/h10-12,15-16,19,25-27H,1-6,9H2,(H2,20,22,23)/t12-,15-,16-,19-/m1/s1. The number of nitrogens with zero attached hydrogens (tertiary/aromatic N) is 4. The number of fused-ring (bicyclic) bond motifs is 1. The minimum Gasteiger partial charge on any atom is -0.394 e. The van der Waals surface area contributed by atoms with Crippen LogP contribution >= 0.6 is 0 Å². The number of ether oxygens (including phenoxy) is 1. The van der Waals surface area contributed by atoms with Gasteiger partial charge in [-0.15, -0.1) is 0 Å². The summed E-state index contributed by atoms with van der Waals surface area (Å²) in [6.45, 7) is -0.406. The van der Waals surface area contributed by atoms with Crippen LogP contribution in [0.15, 0.2) is 6.33 Å². The average Bonchev–Trinajstić information content (AvgIpc) is 3.10. The van der Waals surface area contributed by atoms with Gasteiger partial charge in [0, 0.05) is 5.92 Å². The van der Waals surface area contributed by atoms with Crippen LogP contribution in [0.2, 0.25) is 0 Å². The summed E-state index contributed by atoms with van der Waals surface area (Å²) in [6, 6.07) is 0. The zero-order chi connectivity index (χ0) is 19.7. The Hall–Kier alpha value is -2.25. The number of nitrogens with two attached hydrogens (primary N) is 1. The first-order valence-electron chi connectivity index (χ1n) is 9.72. The van der Waals surface area contributed by atoms with Gasteiger partial charge in [0.1, 0.15) is 23.8 Å². The van der Waals surface area contributed by atoms with Crippen LogP contribution < -0.4 is 5.73 Å². The second-order valence-electron chi connectivity index (χ2n) is 7.44. The predicted octanol–water partition coefficient (Wildman–Crippen LogP) is 0.342. The lowest BCUT2D eigenvalue weighted by Crippen LogP contribution is -2.33. The summed E-state index contributed by atoms with van der Waals surface area (Å²) in [4.78, 5) is 12.9. The maximum Gasteiger partial charge on any atom is 0.208 e. The smallest absolute Gasteiger partial charge is 0.208 e. The first-order valence-corrected chi connectivity index (χ1v) is 9.72. The summed E-state index contributed by atoms with van der Waals surface area (Å²) in [6.07, 6.45) is 4.26. The molecule has 1 saturated carbocycles. The van der Waals surface area contributed by atoms with Gasteiger partial charge in [0.05, 0.1) is 12.9 Å². The number of aliphatic hydroxyl groups excluding tert-OH is 3. The largest absolute Gasteiger partial charge is 0.394 e. The van der Waals surface area contributed by atoms with Crippen molar-refractivity contribution < 1.29 is 20.1 Å². The third-order valence-electron chi connectivity index (χ3n) is 5.48. The van der Waals surface area contributed by atoms with Crippen LogP contribution in [0.1, 0.15) is 50.6 Å². The molecular weight excluding hydrogens is 362 g/mol. The molecule has 0 amide bonds. The van der Waals surface area contributed by atoms with Crippen molar-refractivity contribution in [1.82, 2.24) is 19.5 Å².